The molecule has 2 amide bonds. The van der Waals surface area contributed by atoms with Gasteiger partial charge in [0.1, 0.15) is 5.00 Å². The highest BCUT2D eigenvalue weighted by molar-refractivity contribution is 7.99. The second kappa shape index (κ2) is 8.44. The van der Waals surface area contributed by atoms with Crippen molar-refractivity contribution in [3.63, 3.8) is 0 Å². The zero-order valence-corrected chi connectivity index (χ0v) is 15.6. The maximum atomic E-state index is 12.5. The second-order valence-corrected chi connectivity index (χ2v) is 7.69. The largest absolute Gasteiger partial charge is 0.352 e. The van der Waals surface area contributed by atoms with Crippen molar-refractivity contribution in [3.8, 4) is 0 Å². The normalized spacial score (nSPS) is 13.2. The fourth-order valence-corrected chi connectivity index (χ4v) is 4.70. The van der Waals surface area contributed by atoms with Gasteiger partial charge in [0.2, 0.25) is 5.91 Å². The summed E-state index contributed by atoms with van der Waals surface area (Å²) in [7, 11) is 0. The van der Waals surface area contributed by atoms with Gasteiger partial charge in [0.25, 0.3) is 5.91 Å². The van der Waals surface area contributed by atoms with Crippen LogP contribution in [0.1, 0.15) is 40.6 Å². The number of fused-ring (bicyclic) bond motifs is 1. The van der Waals surface area contributed by atoms with E-state index in [0.717, 1.165) is 31.2 Å². The number of thioether (sulfide) groups is 1. The molecule has 0 saturated heterocycles. The van der Waals surface area contributed by atoms with Gasteiger partial charge in [0.15, 0.2) is 5.16 Å². The number of nitrogens with zero attached hydrogens (tertiary/aromatic N) is 2. The van der Waals surface area contributed by atoms with Crippen LogP contribution in [0.25, 0.3) is 0 Å². The summed E-state index contributed by atoms with van der Waals surface area (Å²) in [5, 5.41) is 7.01. The minimum absolute atomic E-state index is 0.101. The van der Waals surface area contributed by atoms with Crippen LogP contribution in [0.4, 0.5) is 5.00 Å². The number of thiophene rings is 1. The second-order valence-electron chi connectivity index (χ2n) is 5.64. The van der Waals surface area contributed by atoms with Gasteiger partial charge in [0.05, 0.1) is 11.3 Å². The van der Waals surface area contributed by atoms with Crippen LogP contribution in [0.5, 0.6) is 0 Å². The predicted octanol–water partition coefficient (Wildman–Crippen LogP) is 2.90. The Morgan fingerprint density at radius 1 is 1.24 bits per heavy atom. The van der Waals surface area contributed by atoms with Gasteiger partial charge in [-0.15, -0.1) is 11.3 Å². The smallest absolute Gasteiger partial charge is 0.254 e. The van der Waals surface area contributed by atoms with E-state index in [1.807, 2.05) is 6.92 Å². The van der Waals surface area contributed by atoms with Gasteiger partial charge >= 0.3 is 0 Å². The van der Waals surface area contributed by atoms with Crippen molar-refractivity contribution in [2.24, 2.45) is 0 Å². The third-order valence-corrected chi connectivity index (χ3v) is 5.95. The van der Waals surface area contributed by atoms with Gasteiger partial charge in [-0.1, -0.05) is 11.8 Å². The monoisotopic (exact) mass is 376 g/mol. The van der Waals surface area contributed by atoms with Crippen molar-refractivity contribution in [2.45, 2.75) is 37.8 Å². The number of hydrogen-bond donors (Lipinski definition) is 2. The quantitative estimate of drug-likeness (QED) is 0.598. The van der Waals surface area contributed by atoms with E-state index < -0.39 is 0 Å². The van der Waals surface area contributed by atoms with Crippen molar-refractivity contribution < 1.29 is 9.59 Å². The molecule has 2 heterocycles. The summed E-state index contributed by atoms with van der Waals surface area (Å²) in [6, 6.07) is 1.74. The molecule has 2 aromatic rings. The molecule has 0 saturated carbocycles. The zero-order valence-electron chi connectivity index (χ0n) is 14.0. The molecule has 132 valence electrons. The Balaban J connectivity index is 1.73. The molecule has 8 heteroatoms. The van der Waals surface area contributed by atoms with Crippen LogP contribution >= 0.6 is 23.1 Å². The van der Waals surface area contributed by atoms with Gasteiger partial charge < -0.3 is 10.6 Å². The Morgan fingerprint density at radius 3 is 2.76 bits per heavy atom. The maximum Gasteiger partial charge on any atom is 0.254 e. The summed E-state index contributed by atoms with van der Waals surface area (Å²) in [5.74, 6) is -0.0423. The maximum absolute atomic E-state index is 12.5. The molecule has 2 N–H and O–H groups in total. The highest BCUT2D eigenvalue weighted by atomic mass is 32.2. The molecule has 0 atom stereocenters. The first-order valence-corrected chi connectivity index (χ1v) is 10.1. The lowest BCUT2D eigenvalue weighted by molar-refractivity contribution is -0.113. The van der Waals surface area contributed by atoms with E-state index in [4.69, 9.17) is 0 Å². The summed E-state index contributed by atoms with van der Waals surface area (Å²) in [6.07, 6.45) is 7.40. The van der Waals surface area contributed by atoms with Crippen molar-refractivity contribution in [2.75, 3.05) is 17.6 Å². The van der Waals surface area contributed by atoms with E-state index >= 15 is 0 Å². The third kappa shape index (κ3) is 4.38. The summed E-state index contributed by atoms with van der Waals surface area (Å²) in [5.41, 5.74) is 1.76. The zero-order chi connectivity index (χ0) is 17.6. The van der Waals surface area contributed by atoms with Crippen LogP contribution in [0, 0.1) is 0 Å². The lowest BCUT2D eigenvalue weighted by Gasteiger charge is -2.12. The number of carbonyl (C=O) groups is 2. The van der Waals surface area contributed by atoms with Crippen molar-refractivity contribution in [1.82, 2.24) is 15.3 Å². The van der Waals surface area contributed by atoms with Gasteiger partial charge in [-0.2, -0.15) is 0 Å². The lowest BCUT2D eigenvalue weighted by Crippen LogP contribution is -2.25. The van der Waals surface area contributed by atoms with E-state index in [1.54, 1.807) is 18.5 Å². The van der Waals surface area contributed by atoms with Gasteiger partial charge in [-0.05, 0) is 44.2 Å². The molecule has 0 aromatic carbocycles. The van der Waals surface area contributed by atoms with Crippen LogP contribution in [0.2, 0.25) is 0 Å². The average Bonchev–Trinajstić information content (AvgIpc) is 2.99. The highest BCUT2D eigenvalue weighted by Gasteiger charge is 2.26. The number of hydrogen-bond acceptors (Lipinski definition) is 6. The van der Waals surface area contributed by atoms with E-state index in [0.29, 0.717) is 22.3 Å². The van der Waals surface area contributed by atoms with E-state index in [9.17, 15) is 9.59 Å². The predicted molar refractivity (Wildman–Crippen MR) is 100 cm³/mol. The Hall–Kier alpha value is -1.93. The first kappa shape index (κ1) is 17.9. The molecular weight excluding hydrogens is 356 g/mol. The first-order chi connectivity index (χ1) is 12.2. The molecule has 0 fully saturated rings. The topological polar surface area (TPSA) is 84.0 Å². The lowest BCUT2D eigenvalue weighted by atomic mass is 9.95. The molecule has 0 bridgehead atoms. The number of nitrogens with one attached hydrogen (secondary N) is 2. The molecule has 3 rings (SSSR count). The summed E-state index contributed by atoms with van der Waals surface area (Å²) in [6.45, 7) is 2.46. The van der Waals surface area contributed by atoms with E-state index in [2.05, 4.69) is 20.6 Å². The third-order valence-electron chi connectivity index (χ3n) is 3.86. The van der Waals surface area contributed by atoms with Crippen molar-refractivity contribution in [3.05, 3.63) is 34.5 Å². The number of aromatic nitrogens is 2. The fraction of sp³-hybridized carbons (Fsp3) is 0.412. The van der Waals surface area contributed by atoms with Crippen LogP contribution in [-0.4, -0.2) is 34.1 Å². The molecule has 0 radical (unpaired) electrons. The number of amides is 2. The molecule has 25 heavy (non-hydrogen) atoms. The number of carbonyl (C=O) groups excluding carboxylic acids is 2. The van der Waals surface area contributed by atoms with E-state index in [1.165, 1.54) is 28.0 Å². The Labute approximate surface area is 154 Å². The Bertz CT molecular complexity index is 762. The minimum atomic E-state index is -0.151. The highest BCUT2D eigenvalue weighted by Crippen LogP contribution is 2.38. The van der Waals surface area contributed by atoms with Crippen LogP contribution in [0.15, 0.2) is 23.6 Å². The average molecular weight is 377 g/mol. The van der Waals surface area contributed by atoms with Crippen LogP contribution in [-0.2, 0) is 17.6 Å². The van der Waals surface area contributed by atoms with Crippen LogP contribution < -0.4 is 10.6 Å². The van der Waals surface area contributed by atoms with Crippen LogP contribution in [0.3, 0.4) is 0 Å². The van der Waals surface area contributed by atoms with Crippen molar-refractivity contribution in [1.29, 1.82) is 0 Å². The molecule has 1 aliphatic carbocycles. The molecule has 0 unspecified atom stereocenters. The first-order valence-electron chi connectivity index (χ1n) is 8.31. The molecule has 2 aromatic heterocycles. The van der Waals surface area contributed by atoms with Crippen molar-refractivity contribution >= 4 is 39.9 Å². The Kier molecular flexibility index (Phi) is 6.04. The standard InChI is InChI=1S/C17H20N4O2S2/c1-2-18-15(23)14-11-6-3-4-7-12(11)25-16(14)21-13(22)10-24-17-19-8-5-9-20-17/h5,8-9H,2-4,6-7,10H2,1H3,(H,18,23)(H,21,22). The SMILES string of the molecule is CCNC(=O)c1c(NC(=O)CSc2ncccn2)sc2c1CCCC2. The fourth-order valence-electron chi connectivity index (χ4n) is 2.80. The number of rotatable bonds is 6. The summed E-state index contributed by atoms with van der Waals surface area (Å²) >= 11 is 2.81. The van der Waals surface area contributed by atoms with Gasteiger partial charge in [-0.25, -0.2) is 9.97 Å². The van der Waals surface area contributed by atoms with Gasteiger partial charge in [-0.3, -0.25) is 9.59 Å². The summed E-state index contributed by atoms with van der Waals surface area (Å²) < 4.78 is 0. The van der Waals surface area contributed by atoms with E-state index in [-0.39, 0.29) is 17.6 Å². The molecular formula is C17H20N4O2S2. The molecule has 0 aliphatic heterocycles. The summed E-state index contributed by atoms with van der Waals surface area (Å²) in [4.78, 5) is 34.2. The molecule has 6 nitrogen and oxygen atoms in total. The number of anilines is 1. The number of aryl methyl sites for hydroxylation is 1. The van der Waals surface area contributed by atoms with Gasteiger partial charge in [0, 0.05) is 23.8 Å². The minimum Gasteiger partial charge on any atom is -0.352 e. The molecule has 0 spiro atoms. The Morgan fingerprint density at radius 2 is 2.00 bits per heavy atom. The molecule has 1 aliphatic rings.